The second-order valence-corrected chi connectivity index (χ2v) is 7.24. The summed E-state index contributed by atoms with van der Waals surface area (Å²) in [6.45, 7) is 1.75. The summed E-state index contributed by atoms with van der Waals surface area (Å²) < 4.78 is 33.7. The molecule has 0 spiro atoms. The first-order chi connectivity index (χ1) is 14.2. The molecular weight excluding hydrogens is 402 g/mol. The number of amides is 2. The first kappa shape index (κ1) is 20.0. The molecule has 2 aromatic rings. The minimum atomic E-state index is -1.07. The van der Waals surface area contributed by atoms with Gasteiger partial charge in [0.05, 0.1) is 25.7 Å². The lowest BCUT2D eigenvalue weighted by atomic mass is 10.1. The molecule has 1 aromatic carbocycles. The van der Waals surface area contributed by atoms with Gasteiger partial charge in [-0.15, -0.1) is 0 Å². The van der Waals surface area contributed by atoms with E-state index in [-0.39, 0.29) is 23.8 Å². The standard InChI is InChI=1S/C19H18F2N4O5/c1-9-8-30-14-7-23-6-12(16(26)17(27)15(23)19(29)25(9)14)18(28)24(22)5-10-2-3-11(20)4-13(10)21/h2-4,6,9,14,27H,5,7-8,22H2,1H3/t9-,14+/m0/s1. The summed E-state index contributed by atoms with van der Waals surface area (Å²) in [7, 11) is 0. The number of hydrogen-bond donors (Lipinski definition) is 2. The first-order valence-electron chi connectivity index (χ1n) is 9.10. The maximum atomic E-state index is 13.8. The van der Waals surface area contributed by atoms with Crippen molar-refractivity contribution in [3.8, 4) is 5.75 Å². The summed E-state index contributed by atoms with van der Waals surface area (Å²) in [5.74, 6) is 1.57. The quantitative estimate of drug-likeness (QED) is 0.425. The lowest BCUT2D eigenvalue weighted by Crippen LogP contribution is -2.49. The van der Waals surface area contributed by atoms with Crippen molar-refractivity contribution >= 4 is 11.8 Å². The van der Waals surface area contributed by atoms with Crippen molar-refractivity contribution in [3.63, 3.8) is 0 Å². The van der Waals surface area contributed by atoms with Gasteiger partial charge in [-0.3, -0.25) is 19.4 Å². The highest BCUT2D eigenvalue weighted by Crippen LogP contribution is 2.29. The molecule has 2 aliphatic rings. The van der Waals surface area contributed by atoms with E-state index < -0.39 is 53.0 Å². The Kier molecular flexibility index (Phi) is 4.79. The van der Waals surface area contributed by atoms with Crippen molar-refractivity contribution in [3.05, 3.63) is 63.1 Å². The molecule has 1 fully saturated rings. The van der Waals surface area contributed by atoms with Gasteiger partial charge < -0.3 is 19.3 Å². The van der Waals surface area contributed by atoms with Gasteiger partial charge in [0.25, 0.3) is 11.8 Å². The van der Waals surface area contributed by atoms with Gasteiger partial charge in [0.2, 0.25) is 5.43 Å². The normalized spacial score (nSPS) is 20.1. The van der Waals surface area contributed by atoms with Crippen LogP contribution in [-0.2, 0) is 17.8 Å². The van der Waals surface area contributed by atoms with Crippen LogP contribution < -0.4 is 11.3 Å². The van der Waals surface area contributed by atoms with Gasteiger partial charge in [-0.25, -0.2) is 14.6 Å². The second-order valence-electron chi connectivity index (χ2n) is 7.24. The lowest BCUT2D eigenvalue weighted by Gasteiger charge is -2.33. The van der Waals surface area contributed by atoms with E-state index in [4.69, 9.17) is 10.6 Å². The third-order valence-corrected chi connectivity index (χ3v) is 5.21. The third kappa shape index (κ3) is 3.12. The van der Waals surface area contributed by atoms with E-state index in [1.165, 1.54) is 9.47 Å². The van der Waals surface area contributed by atoms with E-state index in [1.54, 1.807) is 6.92 Å². The lowest BCUT2D eigenvalue weighted by molar-refractivity contribution is 0.00620. The molecule has 158 valence electrons. The average Bonchev–Trinajstić information content (AvgIpc) is 3.07. The summed E-state index contributed by atoms with van der Waals surface area (Å²) in [6.07, 6.45) is 0.537. The zero-order valence-electron chi connectivity index (χ0n) is 15.8. The van der Waals surface area contributed by atoms with Crippen molar-refractivity contribution < 1.29 is 28.2 Å². The SMILES string of the molecule is C[C@H]1CO[C@@H]2Cn3cc(C(=O)N(N)Cc4ccc(F)cc4F)c(=O)c(O)c3C(=O)N12. The van der Waals surface area contributed by atoms with Crippen LogP contribution in [0.5, 0.6) is 5.75 Å². The highest BCUT2D eigenvalue weighted by Gasteiger charge is 2.43. The minimum Gasteiger partial charge on any atom is -0.503 e. The molecule has 2 atom stereocenters. The molecule has 0 unspecified atom stereocenters. The number of fused-ring (bicyclic) bond motifs is 2. The van der Waals surface area contributed by atoms with Gasteiger partial charge in [-0.1, -0.05) is 6.07 Å². The number of nitrogens with zero attached hydrogens (tertiary/aromatic N) is 3. The van der Waals surface area contributed by atoms with Crippen LogP contribution in [0.15, 0.2) is 29.2 Å². The summed E-state index contributed by atoms with van der Waals surface area (Å²) >= 11 is 0. The van der Waals surface area contributed by atoms with Crippen molar-refractivity contribution in [1.82, 2.24) is 14.5 Å². The largest absolute Gasteiger partial charge is 0.503 e. The summed E-state index contributed by atoms with van der Waals surface area (Å²) in [5.41, 5.74) is -1.86. The predicted molar refractivity (Wildman–Crippen MR) is 98.2 cm³/mol. The number of halogens is 2. The second kappa shape index (κ2) is 7.18. The number of ether oxygens (including phenoxy) is 1. The van der Waals surface area contributed by atoms with E-state index in [2.05, 4.69) is 0 Å². The Balaban J connectivity index is 1.67. The molecule has 0 radical (unpaired) electrons. The van der Waals surface area contributed by atoms with Crippen LogP contribution in [0.4, 0.5) is 8.78 Å². The van der Waals surface area contributed by atoms with E-state index >= 15 is 0 Å². The van der Waals surface area contributed by atoms with Crippen LogP contribution in [-0.4, -0.2) is 50.3 Å². The molecule has 1 aromatic heterocycles. The number of pyridine rings is 1. The number of rotatable bonds is 3. The van der Waals surface area contributed by atoms with Crippen LogP contribution in [0.3, 0.4) is 0 Å². The minimum absolute atomic E-state index is 0.0614. The topological polar surface area (TPSA) is 118 Å². The number of hydrazine groups is 1. The first-order valence-corrected chi connectivity index (χ1v) is 9.10. The van der Waals surface area contributed by atoms with E-state index in [1.807, 2.05) is 0 Å². The van der Waals surface area contributed by atoms with Gasteiger partial charge in [-0.2, -0.15) is 0 Å². The Bertz CT molecular complexity index is 1120. The molecular formula is C19H18F2N4O5. The molecule has 1 saturated heterocycles. The Morgan fingerprint density at radius 2 is 2.10 bits per heavy atom. The number of benzene rings is 1. The zero-order valence-corrected chi connectivity index (χ0v) is 15.8. The molecule has 3 heterocycles. The van der Waals surface area contributed by atoms with Crippen LogP contribution >= 0.6 is 0 Å². The maximum absolute atomic E-state index is 13.8. The van der Waals surface area contributed by atoms with Gasteiger partial charge in [0.15, 0.2) is 17.7 Å². The number of aromatic nitrogens is 1. The van der Waals surface area contributed by atoms with Gasteiger partial charge in [0.1, 0.15) is 17.2 Å². The monoisotopic (exact) mass is 420 g/mol. The van der Waals surface area contributed by atoms with Gasteiger partial charge >= 0.3 is 0 Å². The van der Waals surface area contributed by atoms with E-state index in [0.717, 1.165) is 18.3 Å². The molecule has 2 amide bonds. The maximum Gasteiger partial charge on any atom is 0.276 e. The molecule has 3 N–H and O–H groups in total. The molecule has 11 heteroatoms. The summed E-state index contributed by atoms with van der Waals surface area (Å²) in [5, 5.41) is 10.9. The molecule has 9 nitrogen and oxygen atoms in total. The third-order valence-electron chi connectivity index (χ3n) is 5.21. The highest BCUT2D eigenvalue weighted by molar-refractivity contribution is 5.99. The Morgan fingerprint density at radius 3 is 2.80 bits per heavy atom. The van der Waals surface area contributed by atoms with Crippen molar-refractivity contribution in [1.29, 1.82) is 0 Å². The Hall–Kier alpha value is -3.31. The van der Waals surface area contributed by atoms with Gasteiger partial charge in [-0.05, 0) is 13.0 Å². The molecule has 0 saturated carbocycles. The van der Waals surface area contributed by atoms with Gasteiger partial charge in [0, 0.05) is 17.8 Å². The van der Waals surface area contributed by atoms with Crippen LogP contribution in [0.2, 0.25) is 0 Å². The molecule has 0 aliphatic carbocycles. The smallest absolute Gasteiger partial charge is 0.276 e. The number of carbonyl (C=O) groups is 2. The van der Waals surface area contributed by atoms with E-state index in [0.29, 0.717) is 17.7 Å². The molecule has 4 rings (SSSR count). The van der Waals surface area contributed by atoms with Crippen molar-refractivity contribution in [2.24, 2.45) is 5.84 Å². The Morgan fingerprint density at radius 1 is 1.37 bits per heavy atom. The Labute approximate surface area is 168 Å². The summed E-state index contributed by atoms with van der Waals surface area (Å²) in [6, 6.07) is 2.56. The van der Waals surface area contributed by atoms with E-state index in [9.17, 15) is 28.3 Å². The fourth-order valence-electron chi connectivity index (χ4n) is 3.69. The average molecular weight is 420 g/mol. The molecule has 30 heavy (non-hydrogen) atoms. The fraction of sp³-hybridized carbons (Fsp3) is 0.316. The number of hydrogen-bond acceptors (Lipinski definition) is 6. The fourth-order valence-corrected chi connectivity index (χ4v) is 3.69. The predicted octanol–water partition coefficient (Wildman–Crippen LogP) is 0.549. The highest BCUT2D eigenvalue weighted by atomic mass is 19.1. The van der Waals surface area contributed by atoms with Crippen LogP contribution in [0.25, 0.3) is 0 Å². The van der Waals surface area contributed by atoms with Crippen molar-refractivity contribution in [2.75, 3.05) is 6.61 Å². The zero-order chi connectivity index (χ0) is 21.7. The number of nitrogens with two attached hydrogens (primary N) is 1. The number of carbonyl (C=O) groups excluding carboxylic acids is 2. The van der Waals surface area contributed by atoms with Crippen LogP contribution in [0, 0.1) is 11.6 Å². The molecule has 2 aliphatic heterocycles. The molecule has 0 bridgehead atoms. The van der Waals surface area contributed by atoms with Crippen LogP contribution in [0.1, 0.15) is 33.3 Å². The summed E-state index contributed by atoms with van der Waals surface area (Å²) in [4.78, 5) is 39.4. The number of aromatic hydroxyl groups is 1. The van der Waals surface area contributed by atoms with Crippen molar-refractivity contribution in [2.45, 2.75) is 32.3 Å².